The lowest BCUT2D eigenvalue weighted by atomic mass is 10.1. The molecule has 20 heavy (non-hydrogen) atoms. The first-order valence-corrected chi connectivity index (χ1v) is 6.69. The summed E-state index contributed by atoms with van der Waals surface area (Å²) in [6.45, 7) is 1.64. The van der Waals surface area contributed by atoms with Gasteiger partial charge in [-0.15, -0.1) is 0 Å². The van der Waals surface area contributed by atoms with E-state index in [9.17, 15) is 4.79 Å². The molecule has 1 saturated heterocycles. The van der Waals surface area contributed by atoms with Crippen LogP contribution in [0.5, 0.6) is 5.75 Å². The first kappa shape index (κ1) is 14.4. The minimum absolute atomic E-state index is 0.0592. The van der Waals surface area contributed by atoms with Crippen LogP contribution in [0.1, 0.15) is 18.4 Å². The van der Waals surface area contributed by atoms with Crippen LogP contribution in [-0.2, 0) is 9.53 Å². The number of ether oxygens (including phenoxy) is 2. The summed E-state index contributed by atoms with van der Waals surface area (Å²) in [6.07, 6.45) is 1.87. The summed E-state index contributed by atoms with van der Waals surface area (Å²) in [7, 11) is 2.01. The molecule has 2 rings (SSSR count). The van der Waals surface area contributed by atoms with Crippen molar-refractivity contribution in [3.8, 4) is 11.8 Å². The molecule has 5 heteroatoms. The third-order valence-electron chi connectivity index (χ3n) is 3.23. The second-order valence-corrected chi connectivity index (χ2v) is 4.91. The average molecular weight is 274 g/mol. The molecule has 0 N–H and O–H groups in total. The number of likely N-dealkylation sites (tertiary alicyclic amines) is 1. The van der Waals surface area contributed by atoms with Crippen molar-refractivity contribution in [3.05, 3.63) is 29.8 Å². The summed E-state index contributed by atoms with van der Waals surface area (Å²) < 4.78 is 10.7. The van der Waals surface area contributed by atoms with Gasteiger partial charge in [-0.2, -0.15) is 5.26 Å². The van der Waals surface area contributed by atoms with Crippen LogP contribution in [0, 0.1) is 11.3 Å². The fraction of sp³-hybridized carbons (Fsp3) is 0.467. The van der Waals surface area contributed by atoms with E-state index >= 15 is 0 Å². The summed E-state index contributed by atoms with van der Waals surface area (Å²) in [6, 6.07) is 8.85. The highest BCUT2D eigenvalue weighted by atomic mass is 16.6. The summed E-state index contributed by atoms with van der Waals surface area (Å²) in [5.41, 5.74) is 0.415. The predicted octanol–water partition coefficient (Wildman–Crippen LogP) is 1.57. The van der Waals surface area contributed by atoms with Gasteiger partial charge >= 0.3 is 5.97 Å². The highest BCUT2D eigenvalue weighted by Gasteiger charge is 2.21. The zero-order valence-corrected chi connectivity index (χ0v) is 11.5. The van der Waals surface area contributed by atoms with Crippen LogP contribution in [0.3, 0.4) is 0 Å². The third kappa shape index (κ3) is 3.97. The molecule has 0 amide bonds. The molecule has 0 bridgehead atoms. The lowest BCUT2D eigenvalue weighted by Gasteiger charge is -2.29. The van der Waals surface area contributed by atoms with E-state index in [0.29, 0.717) is 11.3 Å². The Morgan fingerprint density at radius 2 is 2.30 bits per heavy atom. The third-order valence-corrected chi connectivity index (χ3v) is 3.23. The molecule has 0 radical (unpaired) electrons. The second kappa shape index (κ2) is 6.92. The monoisotopic (exact) mass is 274 g/mol. The Morgan fingerprint density at radius 3 is 3.05 bits per heavy atom. The number of likely N-dealkylation sites (N-methyl/N-ethyl adjacent to an activating group) is 1. The number of nitriles is 1. The average Bonchev–Trinajstić information content (AvgIpc) is 2.45. The lowest BCUT2D eigenvalue weighted by molar-refractivity contribution is -0.153. The maximum absolute atomic E-state index is 11.7. The molecule has 1 aromatic rings. The van der Waals surface area contributed by atoms with Crippen molar-refractivity contribution in [1.29, 1.82) is 5.26 Å². The number of hydrogen-bond donors (Lipinski definition) is 0. The predicted molar refractivity (Wildman–Crippen MR) is 73.3 cm³/mol. The number of carbonyl (C=O) groups is 1. The topological polar surface area (TPSA) is 62.6 Å². The quantitative estimate of drug-likeness (QED) is 0.780. The second-order valence-electron chi connectivity index (χ2n) is 4.91. The van der Waals surface area contributed by atoms with Gasteiger partial charge in [-0.3, -0.25) is 0 Å². The minimum atomic E-state index is -0.391. The first-order chi connectivity index (χ1) is 9.69. The number of rotatable bonds is 4. The molecule has 0 aromatic heterocycles. The molecule has 0 aliphatic carbocycles. The number of benzene rings is 1. The van der Waals surface area contributed by atoms with Crippen molar-refractivity contribution in [1.82, 2.24) is 4.90 Å². The van der Waals surface area contributed by atoms with Gasteiger partial charge in [0.25, 0.3) is 0 Å². The van der Waals surface area contributed by atoms with Crippen molar-refractivity contribution in [2.75, 3.05) is 26.7 Å². The zero-order valence-electron chi connectivity index (χ0n) is 11.5. The van der Waals surface area contributed by atoms with E-state index in [0.717, 1.165) is 25.9 Å². The summed E-state index contributed by atoms with van der Waals surface area (Å²) >= 11 is 0. The van der Waals surface area contributed by atoms with Crippen LogP contribution in [0.25, 0.3) is 0 Å². The zero-order chi connectivity index (χ0) is 14.4. The normalized spacial score (nSPS) is 19.1. The summed E-state index contributed by atoms with van der Waals surface area (Å²) in [5, 5.41) is 8.92. The fourth-order valence-electron chi connectivity index (χ4n) is 2.26. The van der Waals surface area contributed by atoms with E-state index in [4.69, 9.17) is 14.7 Å². The van der Waals surface area contributed by atoms with E-state index in [1.54, 1.807) is 24.3 Å². The molecule has 1 fully saturated rings. The largest absolute Gasteiger partial charge is 0.481 e. The van der Waals surface area contributed by atoms with Crippen LogP contribution in [0.2, 0.25) is 0 Å². The van der Waals surface area contributed by atoms with Gasteiger partial charge in [0, 0.05) is 6.54 Å². The summed E-state index contributed by atoms with van der Waals surface area (Å²) in [5.74, 6) is 0.0192. The van der Waals surface area contributed by atoms with Gasteiger partial charge in [-0.25, -0.2) is 4.79 Å². The van der Waals surface area contributed by atoms with Gasteiger partial charge < -0.3 is 14.4 Å². The molecule has 1 aliphatic rings. The molecule has 1 heterocycles. The minimum Gasteiger partial charge on any atom is -0.481 e. The molecular formula is C15H18N2O3. The highest BCUT2D eigenvalue weighted by Crippen LogP contribution is 2.17. The molecule has 106 valence electrons. The van der Waals surface area contributed by atoms with Crippen molar-refractivity contribution in [2.45, 2.75) is 18.9 Å². The molecule has 1 aromatic carbocycles. The SMILES string of the molecule is CN1CCC[C@H](OC(=O)COc2ccccc2C#N)C1. The number of carbonyl (C=O) groups excluding carboxylic acids is 1. The van der Waals surface area contributed by atoms with E-state index < -0.39 is 5.97 Å². The number of nitrogens with zero attached hydrogens (tertiary/aromatic N) is 2. The Kier molecular flexibility index (Phi) is 4.97. The fourth-order valence-corrected chi connectivity index (χ4v) is 2.26. The molecular weight excluding hydrogens is 256 g/mol. The van der Waals surface area contributed by atoms with E-state index in [1.165, 1.54) is 0 Å². The van der Waals surface area contributed by atoms with Crippen LogP contribution < -0.4 is 4.74 Å². The molecule has 1 atom stereocenters. The van der Waals surface area contributed by atoms with Crippen LogP contribution >= 0.6 is 0 Å². The van der Waals surface area contributed by atoms with E-state index in [2.05, 4.69) is 4.90 Å². The Hall–Kier alpha value is -2.06. The van der Waals surface area contributed by atoms with Gasteiger partial charge in [-0.1, -0.05) is 12.1 Å². The Balaban J connectivity index is 1.82. The van der Waals surface area contributed by atoms with E-state index in [1.807, 2.05) is 13.1 Å². The summed E-state index contributed by atoms with van der Waals surface area (Å²) in [4.78, 5) is 13.9. The van der Waals surface area contributed by atoms with Gasteiger partial charge in [0.05, 0.1) is 5.56 Å². The molecule has 5 nitrogen and oxygen atoms in total. The van der Waals surface area contributed by atoms with Crippen LogP contribution in [-0.4, -0.2) is 43.7 Å². The standard InChI is InChI=1S/C15H18N2O3/c1-17-8-4-6-13(10-17)20-15(18)11-19-14-7-3-2-5-12(14)9-16/h2-3,5,7,13H,4,6,8,10-11H2,1H3/t13-/m0/s1. The molecule has 0 spiro atoms. The van der Waals surface area contributed by atoms with Crippen LogP contribution in [0.15, 0.2) is 24.3 Å². The highest BCUT2D eigenvalue weighted by molar-refractivity contribution is 5.71. The van der Waals surface area contributed by atoms with Gasteiger partial charge in [-0.05, 0) is 38.6 Å². The van der Waals surface area contributed by atoms with Gasteiger partial charge in [0.2, 0.25) is 0 Å². The van der Waals surface area contributed by atoms with Gasteiger partial charge in [0.15, 0.2) is 6.61 Å². The number of para-hydroxylation sites is 1. The maximum Gasteiger partial charge on any atom is 0.344 e. The van der Waals surface area contributed by atoms with Crippen molar-refractivity contribution < 1.29 is 14.3 Å². The van der Waals surface area contributed by atoms with Crippen LogP contribution in [0.4, 0.5) is 0 Å². The molecule has 0 unspecified atom stereocenters. The lowest BCUT2D eigenvalue weighted by Crippen LogP contribution is -2.38. The molecule has 0 saturated carbocycles. The molecule has 1 aliphatic heterocycles. The first-order valence-electron chi connectivity index (χ1n) is 6.69. The number of hydrogen-bond acceptors (Lipinski definition) is 5. The van der Waals surface area contributed by atoms with Crippen molar-refractivity contribution >= 4 is 5.97 Å². The number of piperidine rings is 1. The smallest absolute Gasteiger partial charge is 0.344 e. The number of esters is 1. The Bertz CT molecular complexity index is 510. The van der Waals surface area contributed by atoms with Crippen molar-refractivity contribution in [2.24, 2.45) is 0 Å². The van der Waals surface area contributed by atoms with Gasteiger partial charge in [0.1, 0.15) is 17.9 Å². The van der Waals surface area contributed by atoms with E-state index in [-0.39, 0.29) is 12.7 Å². The maximum atomic E-state index is 11.7. The van der Waals surface area contributed by atoms with Crippen molar-refractivity contribution in [3.63, 3.8) is 0 Å². The Labute approximate surface area is 118 Å². The Morgan fingerprint density at radius 1 is 1.50 bits per heavy atom.